The highest BCUT2D eigenvalue weighted by atomic mass is 32.2. The zero-order valence-corrected chi connectivity index (χ0v) is 16.0. The van der Waals surface area contributed by atoms with Crippen molar-refractivity contribution in [2.75, 3.05) is 46.6 Å². The van der Waals surface area contributed by atoms with Gasteiger partial charge in [0.1, 0.15) is 18.0 Å². The summed E-state index contributed by atoms with van der Waals surface area (Å²) >= 11 is 0. The number of benzene rings is 1. The maximum absolute atomic E-state index is 12.6. The van der Waals surface area contributed by atoms with Gasteiger partial charge in [-0.05, 0) is 24.3 Å². The number of methoxy groups -OCH3 is 1. The lowest BCUT2D eigenvalue weighted by atomic mass is 10.0. The highest BCUT2D eigenvalue weighted by Gasteiger charge is 2.46. The molecule has 2 heterocycles. The minimum atomic E-state index is -3.74. The second-order valence-electron chi connectivity index (χ2n) is 6.55. The molecule has 152 valence electrons. The van der Waals surface area contributed by atoms with E-state index in [1.807, 2.05) is 4.90 Å². The Hall–Kier alpha value is -1.27. The summed E-state index contributed by atoms with van der Waals surface area (Å²) in [7, 11) is -2.23. The molecule has 0 unspecified atom stereocenters. The van der Waals surface area contributed by atoms with Gasteiger partial charge < -0.3 is 24.4 Å². The third-order valence-electron chi connectivity index (χ3n) is 4.95. The maximum Gasteiger partial charge on any atom is 0.240 e. The molecule has 0 saturated carbocycles. The molecule has 0 aromatic heterocycles. The van der Waals surface area contributed by atoms with Gasteiger partial charge in [-0.15, -0.1) is 0 Å². The number of hydrogen-bond acceptors (Lipinski definition) is 8. The van der Waals surface area contributed by atoms with Crippen molar-refractivity contribution < 1.29 is 32.8 Å². The van der Waals surface area contributed by atoms with Crippen LogP contribution in [0.4, 0.5) is 0 Å². The molecular formula is C17H26N2O7S. The second kappa shape index (κ2) is 8.82. The molecule has 0 aliphatic carbocycles. The molecule has 9 nitrogen and oxygen atoms in total. The van der Waals surface area contributed by atoms with Gasteiger partial charge in [0, 0.05) is 19.6 Å². The summed E-state index contributed by atoms with van der Waals surface area (Å²) < 4.78 is 43.8. The topological polar surface area (TPSA) is 118 Å². The molecule has 0 radical (unpaired) electrons. The summed E-state index contributed by atoms with van der Waals surface area (Å²) in [6.45, 7) is 1.97. The Morgan fingerprint density at radius 3 is 2.48 bits per heavy atom. The van der Waals surface area contributed by atoms with Crippen LogP contribution in [0.25, 0.3) is 0 Å². The first-order chi connectivity index (χ1) is 13.0. The van der Waals surface area contributed by atoms with Gasteiger partial charge in [-0.2, -0.15) is 0 Å². The van der Waals surface area contributed by atoms with Crippen LogP contribution in [-0.2, 0) is 19.5 Å². The lowest BCUT2D eigenvalue weighted by Gasteiger charge is -2.36. The molecule has 0 amide bonds. The zero-order valence-electron chi connectivity index (χ0n) is 15.2. The average molecular weight is 402 g/mol. The average Bonchev–Trinajstić information content (AvgIpc) is 3.02. The summed E-state index contributed by atoms with van der Waals surface area (Å²) in [5.74, 6) is 0.564. The highest BCUT2D eigenvalue weighted by Crippen LogP contribution is 2.27. The fraction of sp³-hybridized carbons (Fsp3) is 0.647. The number of ether oxygens (including phenoxy) is 3. The van der Waals surface area contributed by atoms with E-state index in [0.29, 0.717) is 32.1 Å². The Labute approximate surface area is 158 Å². The second-order valence-corrected chi connectivity index (χ2v) is 8.32. The van der Waals surface area contributed by atoms with Crippen molar-refractivity contribution in [1.82, 2.24) is 9.62 Å². The number of sulfonamides is 1. The number of hydrogen-bond donors (Lipinski definition) is 3. The lowest BCUT2D eigenvalue weighted by molar-refractivity contribution is -0.0207. The van der Waals surface area contributed by atoms with Gasteiger partial charge >= 0.3 is 0 Å². The Morgan fingerprint density at radius 1 is 1.22 bits per heavy atom. The molecule has 2 saturated heterocycles. The predicted molar refractivity (Wildman–Crippen MR) is 96.1 cm³/mol. The largest absolute Gasteiger partial charge is 0.497 e. The van der Waals surface area contributed by atoms with Gasteiger partial charge in [0.15, 0.2) is 0 Å². The van der Waals surface area contributed by atoms with E-state index in [1.165, 1.54) is 19.2 Å². The Balaban J connectivity index is 1.69. The molecule has 0 spiro atoms. The van der Waals surface area contributed by atoms with Gasteiger partial charge in [0.2, 0.25) is 10.0 Å². The monoisotopic (exact) mass is 402 g/mol. The van der Waals surface area contributed by atoms with Crippen molar-refractivity contribution in [3.8, 4) is 5.75 Å². The highest BCUT2D eigenvalue weighted by molar-refractivity contribution is 7.89. The molecule has 2 fully saturated rings. The minimum absolute atomic E-state index is 0.00997. The summed E-state index contributed by atoms with van der Waals surface area (Å²) in [5, 5.41) is 20.0. The molecule has 4 atom stereocenters. The SMILES string of the molecule is COc1ccc(S(=O)(=O)NC[C@@H]2O[C@@H](CO)[C@@H](O)[C@H]2N2CCOCC2)cc1. The standard InChI is InChI=1S/C17H26N2O7S/c1-24-12-2-4-13(5-3-12)27(22,23)18-10-14-16(17(21)15(11-20)26-14)19-6-8-25-9-7-19/h2-5,14-18,20-21H,6-11H2,1H3/t14-,15-,16-,17+/m0/s1. The van der Waals surface area contributed by atoms with E-state index in [2.05, 4.69) is 4.72 Å². The van der Waals surface area contributed by atoms with Crippen LogP contribution in [0.3, 0.4) is 0 Å². The fourth-order valence-electron chi connectivity index (χ4n) is 3.50. The van der Waals surface area contributed by atoms with Crippen molar-refractivity contribution in [2.45, 2.75) is 29.2 Å². The third kappa shape index (κ3) is 4.60. The first-order valence-corrected chi connectivity index (χ1v) is 10.3. The molecule has 27 heavy (non-hydrogen) atoms. The van der Waals surface area contributed by atoms with Crippen LogP contribution in [0.1, 0.15) is 0 Å². The Bertz CT molecular complexity index is 706. The van der Waals surface area contributed by atoms with Crippen molar-refractivity contribution in [3.63, 3.8) is 0 Å². The molecular weight excluding hydrogens is 376 g/mol. The van der Waals surface area contributed by atoms with Gasteiger partial charge in [-0.25, -0.2) is 13.1 Å². The summed E-state index contributed by atoms with van der Waals surface area (Å²) in [4.78, 5) is 2.14. The normalized spacial score (nSPS) is 29.7. The quantitative estimate of drug-likeness (QED) is 0.520. The van der Waals surface area contributed by atoms with Crippen LogP contribution >= 0.6 is 0 Å². The van der Waals surface area contributed by atoms with Gasteiger partial charge in [-0.1, -0.05) is 0 Å². The summed E-state index contributed by atoms with van der Waals surface area (Å²) in [6, 6.07) is 5.65. The first kappa shape index (κ1) is 20.5. The van der Waals surface area contributed by atoms with Gasteiger partial charge in [-0.3, -0.25) is 4.90 Å². The number of rotatable bonds is 7. The van der Waals surface area contributed by atoms with E-state index < -0.39 is 34.4 Å². The molecule has 2 aliphatic rings. The van der Waals surface area contributed by atoms with Crippen molar-refractivity contribution >= 4 is 10.0 Å². The molecule has 2 aliphatic heterocycles. The molecule has 0 bridgehead atoms. The lowest BCUT2D eigenvalue weighted by Crippen LogP contribution is -2.54. The number of nitrogens with one attached hydrogen (secondary N) is 1. The van der Waals surface area contributed by atoms with Crippen LogP contribution in [0.2, 0.25) is 0 Å². The Morgan fingerprint density at radius 2 is 1.89 bits per heavy atom. The van der Waals surface area contributed by atoms with Gasteiger partial charge in [0.25, 0.3) is 0 Å². The third-order valence-corrected chi connectivity index (χ3v) is 6.39. The zero-order chi connectivity index (χ0) is 19.4. The summed E-state index contributed by atoms with van der Waals surface area (Å²) in [6.07, 6.45) is -2.22. The molecule has 3 rings (SSSR count). The Kier molecular flexibility index (Phi) is 6.69. The smallest absolute Gasteiger partial charge is 0.240 e. The van der Waals surface area contributed by atoms with Crippen molar-refractivity contribution in [2.24, 2.45) is 0 Å². The maximum atomic E-state index is 12.6. The van der Waals surface area contributed by atoms with E-state index in [0.717, 1.165) is 0 Å². The van der Waals surface area contributed by atoms with Crippen molar-refractivity contribution in [3.05, 3.63) is 24.3 Å². The number of aliphatic hydroxyl groups is 2. The van der Waals surface area contributed by atoms with Crippen LogP contribution in [0, 0.1) is 0 Å². The fourth-order valence-corrected chi connectivity index (χ4v) is 4.55. The van der Waals surface area contributed by atoms with E-state index in [9.17, 15) is 18.6 Å². The molecule has 1 aromatic carbocycles. The van der Waals surface area contributed by atoms with Crippen LogP contribution in [0.5, 0.6) is 5.75 Å². The molecule has 3 N–H and O–H groups in total. The van der Waals surface area contributed by atoms with Crippen molar-refractivity contribution in [1.29, 1.82) is 0 Å². The van der Waals surface area contributed by atoms with Crippen LogP contribution < -0.4 is 9.46 Å². The van der Waals surface area contributed by atoms with E-state index >= 15 is 0 Å². The van der Waals surface area contributed by atoms with E-state index in [-0.39, 0.29) is 18.0 Å². The van der Waals surface area contributed by atoms with Gasteiger partial charge in [0.05, 0.1) is 44.0 Å². The number of aliphatic hydroxyl groups excluding tert-OH is 2. The first-order valence-electron chi connectivity index (χ1n) is 8.86. The minimum Gasteiger partial charge on any atom is -0.497 e. The number of morpholine rings is 1. The van der Waals surface area contributed by atoms with Crippen LogP contribution in [0.15, 0.2) is 29.2 Å². The number of nitrogens with zero attached hydrogens (tertiary/aromatic N) is 1. The molecule has 1 aromatic rings. The molecule has 10 heteroatoms. The summed E-state index contributed by atoms with van der Waals surface area (Å²) in [5.41, 5.74) is 0. The van der Waals surface area contributed by atoms with E-state index in [4.69, 9.17) is 14.2 Å². The van der Waals surface area contributed by atoms with Crippen LogP contribution in [-0.4, -0.2) is 94.4 Å². The predicted octanol–water partition coefficient (Wildman–Crippen LogP) is -1.21. The van der Waals surface area contributed by atoms with E-state index in [1.54, 1.807) is 12.1 Å².